The fourth-order valence-corrected chi connectivity index (χ4v) is 1.54. The van der Waals surface area contributed by atoms with Crippen molar-refractivity contribution >= 4 is 12.1 Å². The zero-order valence-corrected chi connectivity index (χ0v) is 13.3. The minimum Gasteiger partial charge on any atom is -0.464 e. The average Bonchev–Trinajstić information content (AvgIpc) is 2.45. The van der Waals surface area contributed by atoms with Crippen LogP contribution < -0.4 is 0 Å². The van der Waals surface area contributed by atoms with E-state index < -0.39 is 12.1 Å². The second kappa shape index (κ2) is 11.6. The summed E-state index contributed by atoms with van der Waals surface area (Å²) in [6.45, 7) is 6.61. The van der Waals surface area contributed by atoms with E-state index in [1.54, 1.807) is 14.0 Å². The quantitative estimate of drug-likeness (QED) is 0.456. The van der Waals surface area contributed by atoms with Crippen LogP contribution in [0, 0.1) is 0 Å². The fraction of sp³-hybridized carbons (Fsp3) is 0.867. The minimum atomic E-state index is -0.616. The second-order valence-corrected chi connectivity index (χ2v) is 4.98. The summed E-state index contributed by atoms with van der Waals surface area (Å²) in [6, 6.07) is -0.616. The maximum absolute atomic E-state index is 11.7. The van der Waals surface area contributed by atoms with Crippen molar-refractivity contribution in [3.05, 3.63) is 0 Å². The molecule has 0 fully saturated rings. The first kappa shape index (κ1) is 18.7. The molecule has 1 atom stereocenters. The lowest BCUT2D eigenvalue weighted by atomic mass is 10.2. The van der Waals surface area contributed by atoms with Gasteiger partial charge in [0, 0.05) is 7.05 Å². The highest BCUT2D eigenvalue weighted by Crippen LogP contribution is 2.04. The van der Waals surface area contributed by atoms with Gasteiger partial charge in [-0.05, 0) is 19.8 Å². The Labute approximate surface area is 122 Å². The van der Waals surface area contributed by atoms with Gasteiger partial charge in [-0.25, -0.2) is 9.59 Å². The first-order chi connectivity index (χ1) is 9.54. The number of nitrogens with zero attached hydrogens (tertiary/aromatic N) is 1. The van der Waals surface area contributed by atoms with E-state index in [2.05, 4.69) is 6.92 Å². The van der Waals surface area contributed by atoms with E-state index in [0.29, 0.717) is 13.2 Å². The van der Waals surface area contributed by atoms with Crippen LogP contribution in [-0.2, 0) is 14.3 Å². The lowest BCUT2D eigenvalue weighted by molar-refractivity contribution is -0.148. The Morgan fingerprint density at radius 2 is 1.55 bits per heavy atom. The highest BCUT2D eigenvalue weighted by Gasteiger charge is 2.24. The van der Waals surface area contributed by atoms with Crippen molar-refractivity contribution < 1.29 is 19.1 Å². The van der Waals surface area contributed by atoms with Crippen LogP contribution >= 0.6 is 0 Å². The Hall–Kier alpha value is -1.26. The molecule has 0 aromatic carbocycles. The predicted octanol–water partition coefficient (Wildman–Crippen LogP) is 3.37. The minimum absolute atomic E-state index is 0.385. The van der Waals surface area contributed by atoms with E-state index in [0.717, 1.165) is 38.5 Å². The molecule has 0 saturated carbocycles. The highest BCUT2D eigenvalue weighted by molar-refractivity contribution is 5.80. The van der Waals surface area contributed by atoms with E-state index in [9.17, 15) is 9.59 Å². The molecule has 0 aromatic rings. The molecular formula is C15H29NO4. The molecule has 0 aliphatic rings. The van der Waals surface area contributed by atoms with Crippen LogP contribution in [0.1, 0.15) is 59.3 Å². The monoisotopic (exact) mass is 287 g/mol. The summed E-state index contributed by atoms with van der Waals surface area (Å²) in [5.74, 6) is -0.385. The van der Waals surface area contributed by atoms with E-state index in [4.69, 9.17) is 9.47 Å². The zero-order chi connectivity index (χ0) is 15.4. The number of hydrogen-bond donors (Lipinski definition) is 0. The number of hydrogen-bond acceptors (Lipinski definition) is 4. The molecule has 0 bridgehead atoms. The molecule has 5 heteroatoms. The molecule has 0 spiro atoms. The number of esters is 1. The van der Waals surface area contributed by atoms with Gasteiger partial charge in [0.1, 0.15) is 6.04 Å². The summed E-state index contributed by atoms with van der Waals surface area (Å²) >= 11 is 0. The SMILES string of the molecule is CCCCCCOC(=O)N(C)C(C)C(=O)OCCCC. The Bertz CT molecular complexity index is 281. The lowest BCUT2D eigenvalue weighted by Crippen LogP contribution is -2.41. The lowest BCUT2D eigenvalue weighted by Gasteiger charge is -2.22. The fourth-order valence-electron chi connectivity index (χ4n) is 1.54. The smallest absolute Gasteiger partial charge is 0.410 e. The number of amides is 1. The highest BCUT2D eigenvalue weighted by atomic mass is 16.6. The first-order valence-corrected chi connectivity index (χ1v) is 7.60. The van der Waals surface area contributed by atoms with Gasteiger partial charge in [-0.2, -0.15) is 0 Å². The molecule has 5 nitrogen and oxygen atoms in total. The van der Waals surface area contributed by atoms with Crippen LogP contribution in [0.2, 0.25) is 0 Å². The van der Waals surface area contributed by atoms with E-state index in [-0.39, 0.29) is 5.97 Å². The number of carbonyl (C=O) groups is 2. The van der Waals surface area contributed by atoms with Gasteiger partial charge in [0.2, 0.25) is 0 Å². The van der Waals surface area contributed by atoms with Gasteiger partial charge >= 0.3 is 12.1 Å². The molecule has 0 aliphatic heterocycles. The molecule has 0 N–H and O–H groups in total. The maximum atomic E-state index is 11.7. The molecule has 0 rings (SSSR count). The summed E-state index contributed by atoms with van der Waals surface area (Å²) in [4.78, 5) is 24.7. The van der Waals surface area contributed by atoms with Crippen molar-refractivity contribution in [2.75, 3.05) is 20.3 Å². The molecular weight excluding hydrogens is 258 g/mol. The summed E-state index contributed by atoms with van der Waals surface area (Å²) in [7, 11) is 1.56. The van der Waals surface area contributed by atoms with Crippen molar-refractivity contribution in [3.8, 4) is 0 Å². The van der Waals surface area contributed by atoms with Gasteiger partial charge in [-0.3, -0.25) is 4.90 Å². The number of likely N-dealkylation sites (N-methyl/N-ethyl adjacent to an activating group) is 1. The summed E-state index contributed by atoms with van der Waals surface area (Å²) in [5, 5.41) is 0. The normalized spacial score (nSPS) is 11.8. The zero-order valence-electron chi connectivity index (χ0n) is 13.3. The Kier molecular flexibility index (Phi) is 10.8. The van der Waals surface area contributed by atoms with Gasteiger partial charge in [0.05, 0.1) is 13.2 Å². The molecule has 1 amide bonds. The van der Waals surface area contributed by atoms with Gasteiger partial charge in [-0.15, -0.1) is 0 Å². The van der Waals surface area contributed by atoms with Crippen molar-refractivity contribution in [1.82, 2.24) is 4.90 Å². The Morgan fingerprint density at radius 1 is 0.950 bits per heavy atom. The summed E-state index contributed by atoms with van der Waals surface area (Å²) in [5.41, 5.74) is 0. The van der Waals surface area contributed by atoms with E-state index in [1.807, 2.05) is 6.92 Å². The molecule has 0 radical (unpaired) electrons. The standard InChI is InChI=1S/C15H29NO4/c1-5-7-9-10-12-20-15(18)16(4)13(3)14(17)19-11-8-6-2/h13H,5-12H2,1-4H3. The third-order valence-electron chi connectivity index (χ3n) is 3.18. The maximum Gasteiger partial charge on any atom is 0.410 e. The van der Waals surface area contributed by atoms with Crippen molar-refractivity contribution in [3.63, 3.8) is 0 Å². The predicted molar refractivity (Wildman–Crippen MR) is 78.6 cm³/mol. The Balaban J connectivity index is 3.93. The molecule has 0 aromatic heterocycles. The number of rotatable bonds is 10. The molecule has 0 heterocycles. The average molecular weight is 287 g/mol. The van der Waals surface area contributed by atoms with Gasteiger partial charge in [0.15, 0.2) is 0 Å². The van der Waals surface area contributed by atoms with Crippen molar-refractivity contribution in [2.24, 2.45) is 0 Å². The topological polar surface area (TPSA) is 55.8 Å². The summed E-state index contributed by atoms with van der Waals surface area (Å²) < 4.78 is 10.2. The van der Waals surface area contributed by atoms with E-state index >= 15 is 0 Å². The third kappa shape index (κ3) is 8.02. The van der Waals surface area contributed by atoms with Crippen LogP contribution in [0.15, 0.2) is 0 Å². The first-order valence-electron chi connectivity index (χ1n) is 7.60. The van der Waals surface area contributed by atoms with E-state index in [1.165, 1.54) is 4.90 Å². The number of unbranched alkanes of at least 4 members (excludes halogenated alkanes) is 4. The molecule has 0 aliphatic carbocycles. The van der Waals surface area contributed by atoms with Crippen LogP contribution in [0.5, 0.6) is 0 Å². The van der Waals surface area contributed by atoms with Crippen LogP contribution in [-0.4, -0.2) is 43.3 Å². The molecule has 118 valence electrons. The van der Waals surface area contributed by atoms with Crippen LogP contribution in [0.3, 0.4) is 0 Å². The van der Waals surface area contributed by atoms with Crippen LogP contribution in [0.4, 0.5) is 4.79 Å². The van der Waals surface area contributed by atoms with Crippen molar-refractivity contribution in [2.45, 2.75) is 65.3 Å². The van der Waals surface area contributed by atoms with Gasteiger partial charge in [-0.1, -0.05) is 39.5 Å². The Morgan fingerprint density at radius 3 is 2.15 bits per heavy atom. The number of ether oxygens (including phenoxy) is 2. The third-order valence-corrected chi connectivity index (χ3v) is 3.18. The van der Waals surface area contributed by atoms with Gasteiger partial charge in [0.25, 0.3) is 0 Å². The summed E-state index contributed by atoms with van der Waals surface area (Å²) in [6.07, 6.45) is 5.55. The molecule has 20 heavy (non-hydrogen) atoms. The molecule has 1 unspecified atom stereocenters. The van der Waals surface area contributed by atoms with Crippen LogP contribution in [0.25, 0.3) is 0 Å². The second-order valence-electron chi connectivity index (χ2n) is 4.98. The molecule has 0 saturated heterocycles. The van der Waals surface area contributed by atoms with Crippen molar-refractivity contribution in [1.29, 1.82) is 0 Å². The largest absolute Gasteiger partial charge is 0.464 e. The van der Waals surface area contributed by atoms with Gasteiger partial charge < -0.3 is 9.47 Å². The number of carbonyl (C=O) groups excluding carboxylic acids is 2.